The number of benzene rings is 1. The molecule has 2 N–H and O–H groups in total. The van der Waals surface area contributed by atoms with Crippen molar-refractivity contribution in [1.82, 2.24) is 10.3 Å². The van der Waals surface area contributed by atoms with Crippen LogP contribution < -0.4 is 10.1 Å². The number of hydrogen-bond donors (Lipinski definition) is 2. The lowest BCUT2D eigenvalue weighted by Crippen LogP contribution is -2.34. The third-order valence-corrected chi connectivity index (χ3v) is 5.45. The van der Waals surface area contributed by atoms with E-state index < -0.39 is 12.1 Å². The second-order valence-corrected chi connectivity index (χ2v) is 8.22. The number of carbonyl (C=O) groups is 1. The second-order valence-electron chi connectivity index (χ2n) is 8.22. The van der Waals surface area contributed by atoms with E-state index in [2.05, 4.69) is 10.3 Å². The van der Waals surface area contributed by atoms with Gasteiger partial charge in [-0.1, -0.05) is 13.8 Å². The van der Waals surface area contributed by atoms with Gasteiger partial charge in [-0.25, -0.2) is 14.2 Å². The maximum atomic E-state index is 14.8. The Morgan fingerprint density at radius 3 is 2.78 bits per heavy atom. The Labute approximate surface area is 157 Å². The summed E-state index contributed by atoms with van der Waals surface area (Å²) in [6, 6.07) is 6.43. The highest BCUT2D eigenvalue weighted by Crippen LogP contribution is 2.46. The van der Waals surface area contributed by atoms with Crippen LogP contribution in [0.3, 0.4) is 0 Å². The first-order valence-corrected chi connectivity index (χ1v) is 9.24. The molecule has 2 aliphatic rings. The van der Waals surface area contributed by atoms with Gasteiger partial charge in [-0.3, -0.25) is 0 Å². The average Bonchev–Trinajstić information content (AvgIpc) is 3.40. The first-order chi connectivity index (χ1) is 12.8. The standard InChI is InChI=1S/C21H23FN2O3/c1-21(2)9-14-7-15(17(22)8-16(14)19(21)24-20(25)26)13-5-6-18(23-10-13)27-11-12-3-4-12/h5-8,10,12,19,24H,3-4,9,11H2,1-2H3,(H,25,26). The quantitative estimate of drug-likeness (QED) is 0.809. The van der Waals surface area contributed by atoms with Gasteiger partial charge in [-0.05, 0) is 59.9 Å². The first-order valence-electron chi connectivity index (χ1n) is 9.24. The molecule has 4 rings (SSSR count). The van der Waals surface area contributed by atoms with Gasteiger partial charge >= 0.3 is 6.09 Å². The fourth-order valence-electron chi connectivity index (χ4n) is 3.80. The summed E-state index contributed by atoms with van der Waals surface area (Å²) in [5.41, 5.74) is 2.51. The fraction of sp³-hybridized carbons (Fsp3) is 0.429. The smallest absolute Gasteiger partial charge is 0.405 e. The van der Waals surface area contributed by atoms with Gasteiger partial charge < -0.3 is 15.2 Å². The van der Waals surface area contributed by atoms with E-state index in [1.165, 1.54) is 18.9 Å². The van der Waals surface area contributed by atoms with Crippen LogP contribution in [0.2, 0.25) is 0 Å². The number of ether oxygens (including phenoxy) is 1. The summed E-state index contributed by atoms with van der Waals surface area (Å²) in [6.45, 7) is 4.66. The predicted octanol–water partition coefficient (Wildman–Crippen LogP) is 4.57. The fourth-order valence-corrected chi connectivity index (χ4v) is 3.80. The molecule has 1 heterocycles. The Hall–Kier alpha value is -2.63. The van der Waals surface area contributed by atoms with E-state index in [-0.39, 0.29) is 11.2 Å². The van der Waals surface area contributed by atoms with Gasteiger partial charge in [0.05, 0.1) is 12.6 Å². The molecule has 1 fully saturated rings. The SMILES string of the molecule is CC1(C)Cc2cc(-c3ccc(OCC4CC4)nc3)c(F)cc2C1NC(=O)O. The Balaban J connectivity index is 1.60. The van der Waals surface area contributed by atoms with Crippen LogP contribution in [0.4, 0.5) is 9.18 Å². The maximum Gasteiger partial charge on any atom is 0.405 e. The van der Waals surface area contributed by atoms with Crippen molar-refractivity contribution >= 4 is 6.09 Å². The molecule has 1 unspecified atom stereocenters. The van der Waals surface area contributed by atoms with E-state index in [1.54, 1.807) is 12.3 Å². The number of pyridine rings is 1. The van der Waals surface area contributed by atoms with Crippen LogP contribution in [-0.2, 0) is 6.42 Å². The molecule has 6 heteroatoms. The highest BCUT2D eigenvalue weighted by molar-refractivity contribution is 5.68. The zero-order valence-electron chi connectivity index (χ0n) is 15.5. The monoisotopic (exact) mass is 370 g/mol. The summed E-state index contributed by atoms with van der Waals surface area (Å²) in [6.07, 6.45) is 3.63. The van der Waals surface area contributed by atoms with Crippen LogP contribution in [0.1, 0.15) is 43.9 Å². The van der Waals surface area contributed by atoms with Crippen molar-refractivity contribution < 1.29 is 19.0 Å². The predicted molar refractivity (Wildman–Crippen MR) is 99.2 cm³/mol. The molecule has 0 bridgehead atoms. The van der Waals surface area contributed by atoms with Gasteiger partial charge in [-0.15, -0.1) is 0 Å². The summed E-state index contributed by atoms with van der Waals surface area (Å²) >= 11 is 0. The molecule has 0 radical (unpaired) electrons. The molecule has 2 aliphatic carbocycles. The number of halogens is 1. The van der Waals surface area contributed by atoms with Crippen molar-refractivity contribution in [2.45, 2.75) is 39.2 Å². The maximum absolute atomic E-state index is 14.8. The van der Waals surface area contributed by atoms with Crippen LogP contribution >= 0.6 is 0 Å². The van der Waals surface area contributed by atoms with Gasteiger partial charge in [0.15, 0.2) is 0 Å². The minimum absolute atomic E-state index is 0.315. The molecular weight excluding hydrogens is 347 g/mol. The molecule has 5 nitrogen and oxygen atoms in total. The van der Waals surface area contributed by atoms with Crippen molar-refractivity contribution in [1.29, 1.82) is 0 Å². The molecule has 0 spiro atoms. The number of fused-ring (bicyclic) bond motifs is 1. The Kier molecular flexibility index (Phi) is 4.29. The minimum Gasteiger partial charge on any atom is -0.477 e. The number of hydrogen-bond acceptors (Lipinski definition) is 3. The van der Waals surface area contributed by atoms with Crippen LogP contribution in [0.15, 0.2) is 30.5 Å². The van der Waals surface area contributed by atoms with Gasteiger partial charge in [0.1, 0.15) is 5.82 Å². The Morgan fingerprint density at radius 1 is 1.37 bits per heavy atom. The number of carboxylic acid groups (broad SMARTS) is 1. The number of nitrogens with one attached hydrogen (secondary N) is 1. The molecule has 142 valence electrons. The molecule has 1 saturated carbocycles. The third-order valence-electron chi connectivity index (χ3n) is 5.45. The van der Waals surface area contributed by atoms with Crippen molar-refractivity contribution in [2.75, 3.05) is 6.61 Å². The van der Waals surface area contributed by atoms with E-state index >= 15 is 0 Å². The number of aromatic nitrogens is 1. The Bertz CT molecular complexity index is 876. The van der Waals surface area contributed by atoms with Crippen molar-refractivity contribution in [2.24, 2.45) is 11.3 Å². The molecule has 1 aromatic carbocycles. The third kappa shape index (κ3) is 3.61. The molecule has 0 saturated heterocycles. The largest absolute Gasteiger partial charge is 0.477 e. The zero-order valence-corrected chi connectivity index (χ0v) is 15.5. The normalized spacial score (nSPS) is 20.2. The summed E-state index contributed by atoms with van der Waals surface area (Å²) in [7, 11) is 0. The van der Waals surface area contributed by atoms with Crippen LogP contribution in [0.25, 0.3) is 11.1 Å². The lowest BCUT2D eigenvalue weighted by molar-refractivity contribution is 0.175. The molecule has 2 aromatic rings. The molecular formula is C21H23FN2O3. The Morgan fingerprint density at radius 2 is 2.15 bits per heavy atom. The molecule has 1 aromatic heterocycles. The van der Waals surface area contributed by atoms with E-state index in [9.17, 15) is 9.18 Å². The lowest BCUT2D eigenvalue weighted by atomic mass is 9.85. The molecule has 1 amide bonds. The van der Waals surface area contributed by atoms with Crippen molar-refractivity contribution in [3.05, 3.63) is 47.4 Å². The average molecular weight is 370 g/mol. The molecule has 0 aliphatic heterocycles. The molecule has 27 heavy (non-hydrogen) atoms. The first kappa shape index (κ1) is 17.8. The van der Waals surface area contributed by atoms with Crippen LogP contribution in [-0.4, -0.2) is 22.8 Å². The van der Waals surface area contributed by atoms with E-state index in [0.717, 1.165) is 5.56 Å². The van der Waals surface area contributed by atoms with E-state index in [0.29, 0.717) is 41.5 Å². The summed E-state index contributed by atoms with van der Waals surface area (Å²) < 4.78 is 20.5. The number of rotatable bonds is 5. The van der Waals surface area contributed by atoms with Gasteiger partial charge in [0.25, 0.3) is 0 Å². The molecule has 1 atom stereocenters. The highest BCUT2D eigenvalue weighted by atomic mass is 19.1. The van der Waals surface area contributed by atoms with Crippen LogP contribution in [0, 0.1) is 17.2 Å². The highest BCUT2D eigenvalue weighted by Gasteiger charge is 2.40. The van der Waals surface area contributed by atoms with Gasteiger partial charge in [0, 0.05) is 23.4 Å². The van der Waals surface area contributed by atoms with Crippen molar-refractivity contribution in [3.63, 3.8) is 0 Å². The summed E-state index contributed by atoms with van der Waals surface area (Å²) in [5.74, 6) is 0.826. The number of amides is 1. The van der Waals surface area contributed by atoms with Gasteiger partial charge in [0.2, 0.25) is 5.88 Å². The van der Waals surface area contributed by atoms with E-state index in [4.69, 9.17) is 9.84 Å². The number of nitrogens with zero attached hydrogens (tertiary/aromatic N) is 1. The second kappa shape index (κ2) is 6.51. The van der Waals surface area contributed by atoms with Crippen molar-refractivity contribution in [3.8, 4) is 17.0 Å². The summed E-state index contributed by atoms with van der Waals surface area (Å²) in [5, 5.41) is 11.6. The topological polar surface area (TPSA) is 71.5 Å². The van der Waals surface area contributed by atoms with Gasteiger partial charge in [-0.2, -0.15) is 0 Å². The lowest BCUT2D eigenvalue weighted by Gasteiger charge is -2.27. The van der Waals surface area contributed by atoms with E-state index in [1.807, 2.05) is 26.0 Å². The minimum atomic E-state index is -1.10. The van der Waals surface area contributed by atoms with Crippen LogP contribution in [0.5, 0.6) is 5.88 Å². The zero-order chi connectivity index (χ0) is 19.2. The summed E-state index contributed by atoms with van der Waals surface area (Å²) in [4.78, 5) is 15.4.